The Labute approximate surface area is 184 Å². The summed E-state index contributed by atoms with van der Waals surface area (Å²) >= 11 is 3.34. The fourth-order valence-corrected chi connectivity index (χ4v) is 3.15. The monoisotopic (exact) mass is 475 g/mol. The standard InChI is InChI=1S/C22H26BrN3O4/c23-18-13-11-17(12-14-18)21(28)25-19(9-5-2-6-10-20(27)26-30)22(29)24-15-16-7-3-1-4-8-16/h1,3-4,7-8,11-14,19,30H,2,5-6,9-10,15H2,(H,24,29)(H,25,28)(H,26,27)/t19-/m0/s1. The van der Waals surface area contributed by atoms with Crippen molar-refractivity contribution in [3.8, 4) is 0 Å². The van der Waals surface area contributed by atoms with Gasteiger partial charge in [0.15, 0.2) is 0 Å². The van der Waals surface area contributed by atoms with Gasteiger partial charge in [0, 0.05) is 23.0 Å². The molecule has 3 amide bonds. The average molecular weight is 476 g/mol. The summed E-state index contributed by atoms with van der Waals surface area (Å²) in [5.41, 5.74) is 3.04. The number of halogens is 1. The molecular formula is C22H26BrN3O4. The molecule has 2 aromatic carbocycles. The number of carbonyl (C=O) groups is 3. The van der Waals surface area contributed by atoms with E-state index in [0.717, 1.165) is 10.0 Å². The zero-order valence-corrected chi connectivity index (χ0v) is 18.2. The summed E-state index contributed by atoms with van der Waals surface area (Å²) in [6.45, 7) is 0.376. The minimum absolute atomic E-state index is 0.215. The summed E-state index contributed by atoms with van der Waals surface area (Å²) in [7, 11) is 0. The van der Waals surface area contributed by atoms with E-state index in [-0.39, 0.29) is 18.2 Å². The SMILES string of the molecule is O=C(CCCCC[C@H](NC(=O)c1ccc(Br)cc1)C(=O)NCc1ccccc1)NO. The second kappa shape index (κ2) is 12.8. The molecule has 0 bridgehead atoms. The van der Waals surface area contributed by atoms with Crippen molar-refractivity contribution >= 4 is 33.7 Å². The molecule has 2 rings (SSSR count). The number of hydroxylamine groups is 1. The fourth-order valence-electron chi connectivity index (χ4n) is 2.89. The lowest BCUT2D eigenvalue weighted by molar-refractivity contribution is -0.129. The van der Waals surface area contributed by atoms with Gasteiger partial charge in [-0.2, -0.15) is 0 Å². The zero-order valence-electron chi connectivity index (χ0n) is 16.6. The Morgan fingerprint density at radius 2 is 1.63 bits per heavy atom. The van der Waals surface area contributed by atoms with E-state index < -0.39 is 11.9 Å². The normalized spacial score (nSPS) is 11.4. The molecule has 4 N–H and O–H groups in total. The van der Waals surface area contributed by atoms with Crippen LogP contribution in [0.15, 0.2) is 59.1 Å². The molecule has 0 aliphatic rings. The highest BCUT2D eigenvalue weighted by Gasteiger charge is 2.21. The first-order valence-corrected chi connectivity index (χ1v) is 10.6. The van der Waals surface area contributed by atoms with Crippen LogP contribution in [-0.4, -0.2) is 29.0 Å². The van der Waals surface area contributed by atoms with Crippen LogP contribution in [0.25, 0.3) is 0 Å². The van der Waals surface area contributed by atoms with Gasteiger partial charge in [-0.25, -0.2) is 5.48 Å². The zero-order chi connectivity index (χ0) is 21.8. The first-order valence-electron chi connectivity index (χ1n) is 9.80. The maximum atomic E-state index is 12.7. The van der Waals surface area contributed by atoms with E-state index in [9.17, 15) is 14.4 Å². The van der Waals surface area contributed by atoms with Gasteiger partial charge in [0.1, 0.15) is 6.04 Å². The Morgan fingerprint density at radius 1 is 0.933 bits per heavy atom. The van der Waals surface area contributed by atoms with E-state index in [0.29, 0.717) is 37.8 Å². The Hall–Kier alpha value is -2.71. The van der Waals surface area contributed by atoms with E-state index in [1.807, 2.05) is 30.3 Å². The van der Waals surface area contributed by atoms with Crippen molar-refractivity contribution in [1.82, 2.24) is 16.1 Å². The van der Waals surface area contributed by atoms with Gasteiger partial charge in [-0.3, -0.25) is 19.6 Å². The minimum Gasteiger partial charge on any atom is -0.350 e. The van der Waals surface area contributed by atoms with Gasteiger partial charge in [-0.15, -0.1) is 0 Å². The highest BCUT2D eigenvalue weighted by molar-refractivity contribution is 9.10. The summed E-state index contributed by atoms with van der Waals surface area (Å²) in [5.74, 6) is -1.00. The topological polar surface area (TPSA) is 108 Å². The first-order chi connectivity index (χ1) is 14.5. The molecule has 0 saturated heterocycles. The number of carbonyl (C=O) groups excluding carboxylic acids is 3. The van der Waals surface area contributed by atoms with Crippen LogP contribution in [0.1, 0.15) is 48.0 Å². The average Bonchev–Trinajstić information content (AvgIpc) is 2.77. The van der Waals surface area contributed by atoms with Crippen molar-refractivity contribution < 1.29 is 19.6 Å². The molecule has 0 radical (unpaired) electrons. The molecule has 0 aromatic heterocycles. The van der Waals surface area contributed by atoms with E-state index in [4.69, 9.17) is 5.21 Å². The Bertz CT molecular complexity index is 828. The third kappa shape index (κ3) is 8.34. The van der Waals surface area contributed by atoms with Crippen LogP contribution in [0.2, 0.25) is 0 Å². The van der Waals surface area contributed by atoms with Gasteiger partial charge >= 0.3 is 0 Å². The number of rotatable bonds is 11. The summed E-state index contributed by atoms with van der Waals surface area (Å²) in [6, 6.07) is 15.8. The number of nitrogens with one attached hydrogen (secondary N) is 3. The smallest absolute Gasteiger partial charge is 0.251 e. The van der Waals surface area contributed by atoms with Crippen molar-refractivity contribution in [2.75, 3.05) is 0 Å². The minimum atomic E-state index is -0.684. The first kappa shape index (κ1) is 23.6. The molecule has 0 unspecified atom stereocenters. The number of amides is 3. The molecule has 0 fully saturated rings. The number of hydrogen-bond donors (Lipinski definition) is 4. The molecule has 7 nitrogen and oxygen atoms in total. The fraction of sp³-hybridized carbons (Fsp3) is 0.318. The van der Waals surface area contributed by atoms with Crippen molar-refractivity contribution in [3.05, 3.63) is 70.2 Å². The summed E-state index contributed by atoms with van der Waals surface area (Å²) < 4.78 is 0.864. The Kier molecular flexibility index (Phi) is 10.0. The Balaban J connectivity index is 1.93. The van der Waals surface area contributed by atoms with E-state index in [1.165, 1.54) is 0 Å². The highest BCUT2D eigenvalue weighted by atomic mass is 79.9. The van der Waals surface area contributed by atoms with Crippen LogP contribution in [0, 0.1) is 0 Å². The van der Waals surface area contributed by atoms with E-state index in [2.05, 4.69) is 26.6 Å². The van der Waals surface area contributed by atoms with Crippen molar-refractivity contribution in [3.63, 3.8) is 0 Å². The quantitative estimate of drug-likeness (QED) is 0.227. The van der Waals surface area contributed by atoms with E-state index >= 15 is 0 Å². The maximum absolute atomic E-state index is 12.7. The van der Waals surface area contributed by atoms with E-state index in [1.54, 1.807) is 29.7 Å². The molecule has 8 heteroatoms. The van der Waals surface area contributed by atoms with Crippen molar-refractivity contribution in [2.45, 2.75) is 44.7 Å². The predicted octanol–water partition coefficient (Wildman–Crippen LogP) is 3.32. The van der Waals surface area contributed by atoms with Gasteiger partial charge in [0.25, 0.3) is 5.91 Å². The number of hydrogen-bond acceptors (Lipinski definition) is 4. The van der Waals surface area contributed by atoms with Crippen LogP contribution in [0.3, 0.4) is 0 Å². The van der Waals surface area contributed by atoms with Gasteiger partial charge in [0.05, 0.1) is 0 Å². The molecule has 30 heavy (non-hydrogen) atoms. The molecule has 160 valence electrons. The lowest BCUT2D eigenvalue weighted by Gasteiger charge is -2.19. The van der Waals surface area contributed by atoms with Crippen molar-refractivity contribution in [1.29, 1.82) is 0 Å². The lowest BCUT2D eigenvalue weighted by atomic mass is 10.1. The summed E-state index contributed by atoms with van der Waals surface area (Å²) in [4.78, 5) is 36.4. The van der Waals surface area contributed by atoms with Crippen LogP contribution < -0.4 is 16.1 Å². The molecule has 2 aromatic rings. The largest absolute Gasteiger partial charge is 0.350 e. The highest BCUT2D eigenvalue weighted by Crippen LogP contribution is 2.12. The molecule has 0 heterocycles. The van der Waals surface area contributed by atoms with Gasteiger partial charge < -0.3 is 10.6 Å². The van der Waals surface area contributed by atoms with Crippen LogP contribution >= 0.6 is 15.9 Å². The van der Waals surface area contributed by atoms with Gasteiger partial charge in [-0.1, -0.05) is 59.1 Å². The predicted molar refractivity (Wildman–Crippen MR) is 117 cm³/mol. The van der Waals surface area contributed by atoms with Crippen molar-refractivity contribution in [2.24, 2.45) is 0 Å². The molecule has 0 spiro atoms. The molecular weight excluding hydrogens is 450 g/mol. The third-order valence-electron chi connectivity index (χ3n) is 4.56. The molecule has 1 atom stereocenters. The second-order valence-corrected chi connectivity index (χ2v) is 7.79. The molecule has 0 aliphatic heterocycles. The second-order valence-electron chi connectivity index (χ2n) is 6.87. The Morgan fingerprint density at radius 3 is 2.30 bits per heavy atom. The van der Waals surface area contributed by atoms with Crippen LogP contribution in [0.5, 0.6) is 0 Å². The van der Waals surface area contributed by atoms with Crippen LogP contribution in [-0.2, 0) is 16.1 Å². The number of unbranched alkanes of at least 4 members (excludes halogenated alkanes) is 2. The summed E-state index contributed by atoms with van der Waals surface area (Å²) in [5, 5.41) is 14.2. The number of benzene rings is 2. The lowest BCUT2D eigenvalue weighted by Crippen LogP contribution is -2.46. The van der Waals surface area contributed by atoms with Crippen LogP contribution in [0.4, 0.5) is 0 Å². The van der Waals surface area contributed by atoms with Gasteiger partial charge in [-0.05, 0) is 42.7 Å². The molecule has 0 aliphatic carbocycles. The van der Waals surface area contributed by atoms with Gasteiger partial charge in [0.2, 0.25) is 11.8 Å². The summed E-state index contributed by atoms with van der Waals surface area (Å²) in [6.07, 6.45) is 2.61. The molecule has 0 saturated carbocycles. The third-order valence-corrected chi connectivity index (χ3v) is 5.09. The maximum Gasteiger partial charge on any atom is 0.251 e.